The molecule has 1 atom stereocenters. The van der Waals surface area contributed by atoms with Crippen molar-refractivity contribution in [3.63, 3.8) is 0 Å². The number of nitrogens with zero attached hydrogens (tertiary/aromatic N) is 5. The highest BCUT2D eigenvalue weighted by atomic mass is 16.5. The number of urea groups is 1. The van der Waals surface area contributed by atoms with Crippen molar-refractivity contribution in [3.05, 3.63) is 41.2 Å². The number of carbonyl (C=O) groups is 4. The molecule has 2 N–H and O–H groups in total. The summed E-state index contributed by atoms with van der Waals surface area (Å²) in [6.07, 6.45) is 0. The Morgan fingerprint density at radius 2 is 1.84 bits per heavy atom. The van der Waals surface area contributed by atoms with E-state index in [1.807, 2.05) is 18.4 Å². The number of aliphatic imine (C=N–C) groups is 1. The van der Waals surface area contributed by atoms with Gasteiger partial charge in [-0.1, -0.05) is 4.99 Å². The smallest absolute Gasteiger partial charge is 0.407 e. The van der Waals surface area contributed by atoms with E-state index >= 15 is 0 Å². The van der Waals surface area contributed by atoms with E-state index < -0.39 is 36.4 Å². The molecule has 2 aliphatic heterocycles. The maximum Gasteiger partial charge on any atom is 0.407 e. The lowest BCUT2D eigenvalue weighted by molar-refractivity contribution is -0.682. The number of likely N-dealkylation sites (N-methyl/N-ethyl adjacent to an activating group) is 1. The van der Waals surface area contributed by atoms with Gasteiger partial charge in [0, 0.05) is 7.05 Å². The van der Waals surface area contributed by atoms with Crippen LogP contribution in [0.1, 0.15) is 34.7 Å². The maximum absolute atomic E-state index is 13.2. The number of hydrogen-bond acceptors (Lipinski definition) is 6. The molecule has 1 aromatic carbocycles. The predicted molar refractivity (Wildman–Crippen MR) is 112 cm³/mol. The second-order valence-corrected chi connectivity index (χ2v) is 7.55. The van der Waals surface area contributed by atoms with Gasteiger partial charge in [-0.3, -0.25) is 19.4 Å². The van der Waals surface area contributed by atoms with Gasteiger partial charge in [-0.15, -0.1) is 0 Å². The molecule has 0 bridgehead atoms. The molecule has 4 amide bonds. The normalized spacial score (nSPS) is 17.2. The first-order valence-electron chi connectivity index (χ1n) is 10.0. The highest BCUT2D eigenvalue weighted by Crippen LogP contribution is 2.33. The number of fused-ring (bicyclic) bond motifs is 3. The van der Waals surface area contributed by atoms with Crippen LogP contribution in [-0.2, 0) is 14.3 Å². The molecule has 0 saturated carbocycles. The molecule has 3 heterocycles. The molecule has 2 aliphatic rings. The number of benzene rings is 1. The fourth-order valence-electron chi connectivity index (χ4n) is 4.01. The van der Waals surface area contributed by atoms with Gasteiger partial charge < -0.3 is 10.5 Å². The van der Waals surface area contributed by atoms with Crippen molar-refractivity contribution in [2.45, 2.75) is 26.8 Å². The molecule has 0 aliphatic carbocycles. The lowest BCUT2D eigenvalue weighted by atomic mass is 10.1. The Kier molecular flexibility index (Phi) is 5.03. The van der Waals surface area contributed by atoms with Crippen molar-refractivity contribution >= 4 is 35.6 Å². The zero-order valence-electron chi connectivity index (χ0n) is 18.2. The summed E-state index contributed by atoms with van der Waals surface area (Å²) in [5, 5.41) is 0. The summed E-state index contributed by atoms with van der Waals surface area (Å²) in [6, 6.07) is 5.29. The summed E-state index contributed by atoms with van der Waals surface area (Å²) >= 11 is 0. The number of imidazole rings is 1. The van der Waals surface area contributed by atoms with Crippen LogP contribution in [0.15, 0.2) is 29.3 Å². The van der Waals surface area contributed by atoms with Crippen LogP contribution in [0.5, 0.6) is 0 Å². The fourth-order valence-corrected chi connectivity index (χ4v) is 4.01. The van der Waals surface area contributed by atoms with Crippen molar-refractivity contribution in [2.75, 3.05) is 20.2 Å². The predicted octanol–water partition coefficient (Wildman–Crippen LogP) is 0.522. The van der Waals surface area contributed by atoms with Crippen LogP contribution >= 0.6 is 0 Å². The average molecular weight is 439 g/mol. The van der Waals surface area contributed by atoms with E-state index in [-0.39, 0.29) is 12.4 Å². The second-order valence-electron chi connectivity index (χ2n) is 7.55. The standard InChI is InChI=1S/C21H22N6O5/c1-5-32-19(30)13-6-8-14(9-7-13)26-11(2)12(3)27-16-17(23-20(26)27)24(4)21(31)25(18(16)29)10-15(22)28/h6-9,16H,5,10H2,1-4H3,(H-,22,28)/p+1. The number of rotatable bonds is 5. The van der Waals surface area contributed by atoms with Crippen LogP contribution in [0.3, 0.4) is 0 Å². The van der Waals surface area contributed by atoms with E-state index in [4.69, 9.17) is 10.5 Å². The third-order valence-corrected chi connectivity index (χ3v) is 5.67. The number of carbonyl (C=O) groups excluding carboxylic acids is 4. The number of ether oxygens (including phenoxy) is 1. The van der Waals surface area contributed by atoms with Crippen molar-refractivity contribution in [1.82, 2.24) is 14.4 Å². The minimum absolute atomic E-state index is 0.274. The van der Waals surface area contributed by atoms with Gasteiger partial charge in [0.2, 0.25) is 17.8 Å². The largest absolute Gasteiger partial charge is 0.462 e. The van der Waals surface area contributed by atoms with Gasteiger partial charge in [0.1, 0.15) is 23.6 Å². The number of hydrogen-bond donors (Lipinski definition) is 1. The monoisotopic (exact) mass is 439 g/mol. The molecule has 11 heteroatoms. The molecular weight excluding hydrogens is 416 g/mol. The summed E-state index contributed by atoms with van der Waals surface area (Å²) in [5.74, 6) is -1.03. The van der Waals surface area contributed by atoms with Gasteiger partial charge >= 0.3 is 17.9 Å². The highest BCUT2D eigenvalue weighted by molar-refractivity contribution is 6.19. The molecule has 11 nitrogen and oxygen atoms in total. The number of esters is 1. The van der Waals surface area contributed by atoms with Crippen molar-refractivity contribution in [2.24, 2.45) is 10.7 Å². The summed E-state index contributed by atoms with van der Waals surface area (Å²) in [7, 11) is 1.50. The average Bonchev–Trinajstić information content (AvgIpc) is 3.25. The molecule has 1 unspecified atom stereocenters. The molecular formula is C21H23N6O5+. The quantitative estimate of drug-likeness (QED) is 0.536. The van der Waals surface area contributed by atoms with Crippen LogP contribution in [0.25, 0.3) is 5.69 Å². The first-order valence-corrected chi connectivity index (χ1v) is 10.0. The maximum atomic E-state index is 13.2. The van der Waals surface area contributed by atoms with Crippen molar-refractivity contribution in [1.29, 1.82) is 0 Å². The Morgan fingerprint density at radius 1 is 1.19 bits per heavy atom. The van der Waals surface area contributed by atoms with Gasteiger partial charge in [0.25, 0.3) is 5.91 Å². The van der Waals surface area contributed by atoms with Gasteiger partial charge in [-0.2, -0.15) is 4.57 Å². The van der Waals surface area contributed by atoms with Crippen LogP contribution < -0.4 is 10.3 Å². The van der Waals surface area contributed by atoms with E-state index in [9.17, 15) is 19.2 Å². The third-order valence-electron chi connectivity index (χ3n) is 5.67. The summed E-state index contributed by atoms with van der Waals surface area (Å²) in [4.78, 5) is 55.9. The molecule has 4 rings (SSSR count). The lowest BCUT2D eigenvalue weighted by Gasteiger charge is -2.32. The second kappa shape index (κ2) is 7.59. The molecule has 1 saturated heterocycles. The molecule has 2 aromatic rings. The molecule has 0 spiro atoms. The first kappa shape index (κ1) is 21.2. The SMILES string of the molecule is CCOC(=O)c1ccc(-n2c(C)c(C)[n+]3c2N=C2C3C(=O)N(CC(N)=O)C(=O)N2C)cc1. The van der Waals surface area contributed by atoms with E-state index in [0.717, 1.165) is 22.0 Å². The fraction of sp³-hybridized carbons (Fsp3) is 0.333. The summed E-state index contributed by atoms with van der Waals surface area (Å²) in [5.41, 5.74) is 7.99. The number of aromatic nitrogens is 2. The Labute approximate surface area is 183 Å². The van der Waals surface area contributed by atoms with E-state index in [2.05, 4.69) is 4.99 Å². The van der Waals surface area contributed by atoms with E-state index in [0.29, 0.717) is 11.5 Å². The van der Waals surface area contributed by atoms with Crippen LogP contribution in [0.4, 0.5) is 10.7 Å². The molecule has 166 valence electrons. The van der Waals surface area contributed by atoms with E-state index in [1.165, 1.54) is 11.9 Å². The number of nitrogens with two attached hydrogens (primary N) is 1. The van der Waals surface area contributed by atoms with Gasteiger partial charge in [-0.05, 0) is 45.0 Å². The molecule has 32 heavy (non-hydrogen) atoms. The zero-order valence-corrected chi connectivity index (χ0v) is 18.2. The van der Waals surface area contributed by atoms with Gasteiger partial charge in [-0.25, -0.2) is 14.2 Å². The molecule has 0 radical (unpaired) electrons. The Hall–Kier alpha value is -4.02. The van der Waals surface area contributed by atoms with Crippen LogP contribution in [0.2, 0.25) is 0 Å². The minimum atomic E-state index is -0.884. The number of amides is 4. The lowest BCUT2D eigenvalue weighted by Crippen LogP contribution is -2.64. The Morgan fingerprint density at radius 3 is 2.44 bits per heavy atom. The van der Waals surface area contributed by atoms with Crippen molar-refractivity contribution in [3.8, 4) is 5.69 Å². The number of amidine groups is 1. The first-order chi connectivity index (χ1) is 15.2. The van der Waals surface area contributed by atoms with Gasteiger partial charge in [0.05, 0.1) is 12.2 Å². The van der Waals surface area contributed by atoms with Gasteiger partial charge in [0.15, 0.2) is 0 Å². The van der Waals surface area contributed by atoms with Crippen LogP contribution in [0, 0.1) is 13.8 Å². The third kappa shape index (κ3) is 3.04. The van der Waals surface area contributed by atoms with E-state index in [1.54, 1.807) is 35.8 Å². The number of imide groups is 1. The highest BCUT2D eigenvalue weighted by Gasteiger charge is 2.54. The van der Waals surface area contributed by atoms with Crippen molar-refractivity contribution < 1.29 is 28.5 Å². The summed E-state index contributed by atoms with van der Waals surface area (Å²) in [6.45, 7) is 5.26. The topological polar surface area (TPSA) is 131 Å². The Balaban J connectivity index is 1.80. The Bertz CT molecular complexity index is 1200. The minimum Gasteiger partial charge on any atom is -0.462 e. The zero-order chi connectivity index (χ0) is 23.3. The van der Waals surface area contributed by atoms with Crippen LogP contribution in [-0.4, -0.2) is 64.2 Å². The molecule has 1 fully saturated rings. The number of primary amides is 1. The molecule has 1 aromatic heterocycles. The summed E-state index contributed by atoms with van der Waals surface area (Å²) < 4.78 is 8.61.